The molecule has 3 nitrogen and oxygen atoms in total. The van der Waals surface area contributed by atoms with E-state index in [0.29, 0.717) is 24.0 Å². The van der Waals surface area contributed by atoms with Crippen LogP contribution < -0.4 is 4.74 Å². The molecule has 0 saturated carbocycles. The van der Waals surface area contributed by atoms with E-state index in [9.17, 15) is 4.79 Å². The van der Waals surface area contributed by atoms with Gasteiger partial charge < -0.3 is 9.47 Å². The lowest BCUT2D eigenvalue weighted by Gasteiger charge is -2.12. The van der Waals surface area contributed by atoms with Crippen LogP contribution in [0.4, 0.5) is 0 Å². The molecule has 1 aliphatic rings. The number of carbonyl (C=O) groups excluding carboxylic acids is 1. The maximum Gasteiger partial charge on any atom is 0.163 e. The topological polar surface area (TPSA) is 35.5 Å². The van der Waals surface area contributed by atoms with Gasteiger partial charge in [-0.25, -0.2) is 0 Å². The second-order valence-corrected chi connectivity index (χ2v) is 5.74. The first-order valence-electron chi connectivity index (χ1n) is 6.71. The number of hydrogen-bond acceptors (Lipinski definition) is 3. The molecular weight excluding hydrogens is 308 g/mol. The fourth-order valence-electron chi connectivity index (χ4n) is 2.27. The molecule has 1 aromatic rings. The first-order valence-corrected chi connectivity index (χ1v) is 7.51. The van der Waals surface area contributed by atoms with Crippen LogP contribution in [0.25, 0.3) is 0 Å². The van der Waals surface area contributed by atoms with Crippen LogP contribution in [0.1, 0.15) is 43.0 Å². The summed E-state index contributed by atoms with van der Waals surface area (Å²) in [6.07, 6.45) is 4.73. The Kier molecular flexibility index (Phi) is 5.40. The SMILES string of the molecule is CC(=O)c1cc(Br)ccc1OCCCC1CCCO1. The van der Waals surface area contributed by atoms with Crippen molar-refractivity contribution in [3.05, 3.63) is 28.2 Å². The van der Waals surface area contributed by atoms with Gasteiger partial charge in [-0.1, -0.05) is 15.9 Å². The average Bonchev–Trinajstić information content (AvgIpc) is 2.89. The molecule has 1 aliphatic heterocycles. The lowest BCUT2D eigenvalue weighted by molar-refractivity contribution is 0.0971. The van der Waals surface area contributed by atoms with Gasteiger partial charge in [0.2, 0.25) is 0 Å². The Hall–Kier alpha value is -0.870. The van der Waals surface area contributed by atoms with Gasteiger partial charge >= 0.3 is 0 Å². The molecule has 0 spiro atoms. The molecule has 19 heavy (non-hydrogen) atoms. The van der Waals surface area contributed by atoms with E-state index >= 15 is 0 Å². The third kappa shape index (κ3) is 4.32. The summed E-state index contributed by atoms with van der Waals surface area (Å²) in [4.78, 5) is 11.5. The second-order valence-electron chi connectivity index (χ2n) is 4.82. The first-order chi connectivity index (χ1) is 9.16. The molecular formula is C15H19BrO3. The summed E-state index contributed by atoms with van der Waals surface area (Å²) in [7, 11) is 0. The van der Waals surface area contributed by atoms with Crippen LogP contribution in [0.15, 0.2) is 22.7 Å². The predicted molar refractivity (Wildman–Crippen MR) is 77.8 cm³/mol. The van der Waals surface area contributed by atoms with Gasteiger partial charge in [0.05, 0.1) is 18.3 Å². The molecule has 1 aromatic carbocycles. The zero-order valence-electron chi connectivity index (χ0n) is 11.2. The van der Waals surface area contributed by atoms with E-state index in [0.717, 1.165) is 30.3 Å². The number of ether oxygens (including phenoxy) is 2. The molecule has 1 saturated heterocycles. The number of ketones is 1. The number of hydrogen-bond donors (Lipinski definition) is 0. The zero-order valence-corrected chi connectivity index (χ0v) is 12.7. The normalized spacial score (nSPS) is 18.5. The third-order valence-corrected chi connectivity index (χ3v) is 3.77. The molecule has 0 radical (unpaired) electrons. The monoisotopic (exact) mass is 326 g/mol. The molecule has 0 N–H and O–H groups in total. The Bertz CT molecular complexity index is 439. The molecule has 4 heteroatoms. The highest BCUT2D eigenvalue weighted by molar-refractivity contribution is 9.10. The van der Waals surface area contributed by atoms with E-state index < -0.39 is 0 Å². The van der Waals surface area contributed by atoms with Crippen molar-refractivity contribution in [2.45, 2.75) is 38.7 Å². The Labute approximate surface area is 122 Å². The summed E-state index contributed by atoms with van der Waals surface area (Å²) < 4.78 is 12.2. The average molecular weight is 327 g/mol. The van der Waals surface area contributed by atoms with Crippen LogP contribution in [0.2, 0.25) is 0 Å². The molecule has 0 aliphatic carbocycles. The summed E-state index contributed by atoms with van der Waals surface area (Å²) in [6, 6.07) is 5.53. The number of carbonyl (C=O) groups is 1. The maximum atomic E-state index is 11.5. The number of rotatable bonds is 6. The minimum Gasteiger partial charge on any atom is -0.493 e. The largest absolute Gasteiger partial charge is 0.493 e. The van der Waals surface area contributed by atoms with Gasteiger partial charge in [0, 0.05) is 11.1 Å². The summed E-state index contributed by atoms with van der Waals surface area (Å²) in [6.45, 7) is 3.08. The van der Waals surface area contributed by atoms with Crippen molar-refractivity contribution in [1.29, 1.82) is 0 Å². The molecule has 0 aromatic heterocycles. The van der Waals surface area contributed by atoms with Crippen molar-refractivity contribution < 1.29 is 14.3 Å². The molecule has 1 fully saturated rings. The Morgan fingerprint density at radius 1 is 1.53 bits per heavy atom. The van der Waals surface area contributed by atoms with Gasteiger partial charge in [-0.3, -0.25) is 4.79 Å². The highest BCUT2D eigenvalue weighted by Gasteiger charge is 2.15. The highest BCUT2D eigenvalue weighted by atomic mass is 79.9. The molecule has 0 bridgehead atoms. The van der Waals surface area contributed by atoms with E-state index in [2.05, 4.69) is 15.9 Å². The Morgan fingerprint density at radius 2 is 2.37 bits per heavy atom. The summed E-state index contributed by atoms with van der Waals surface area (Å²) >= 11 is 3.37. The van der Waals surface area contributed by atoms with Crippen molar-refractivity contribution in [1.82, 2.24) is 0 Å². The number of Topliss-reactive ketones (excluding diaryl/α,β-unsaturated/α-hetero) is 1. The van der Waals surface area contributed by atoms with Gasteiger partial charge in [-0.15, -0.1) is 0 Å². The lowest BCUT2D eigenvalue weighted by atomic mass is 10.1. The van der Waals surface area contributed by atoms with E-state index in [1.807, 2.05) is 12.1 Å². The van der Waals surface area contributed by atoms with Gasteiger partial charge in [0.1, 0.15) is 5.75 Å². The van der Waals surface area contributed by atoms with E-state index in [1.54, 1.807) is 13.0 Å². The molecule has 0 amide bonds. The smallest absolute Gasteiger partial charge is 0.163 e. The Morgan fingerprint density at radius 3 is 3.05 bits per heavy atom. The van der Waals surface area contributed by atoms with Gasteiger partial charge in [0.15, 0.2) is 5.78 Å². The second kappa shape index (κ2) is 7.06. The Balaban J connectivity index is 1.83. The highest BCUT2D eigenvalue weighted by Crippen LogP contribution is 2.24. The zero-order chi connectivity index (χ0) is 13.7. The first kappa shape index (κ1) is 14.5. The van der Waals surface area contributed by atoms with Crippen molar-refractivity contribution in [2.24, 2.45) is 0 Å². The van der Waals surface area contributed by atoms with Crippen LogP contribution >= 0.6 is 15.9 Å². The van der Waals surface area contributed by atoms with E-state index in [1.165, 1.54) is 6.42 Å². The molecule has 1 atom stereocenters. The quantitative estimate of drug-likeness (QED) is 0.585. The van der Waals surface area contributed by atoms with Gasteiger partial charge in [-0.05, 0) is 50.8 Å². The standard InChI is InChI=1S/C15H19BrO3/c1-11(17)14-10-12(16)6-7-15(14)19-9-3-5-13-4-2-8-18-13/h6-7,10,13H,2-5,8-9H2,1H3. The minimum atomic E-state index is 0.0235. The maximum absolute atomic E-state index is 11.5. The van der Waals surface area contributed by atoms with Crippen molar-refractivity contribution in [2.75, 3.05) is 13.2 Å². The van der Waals surface area contributed by atoms with Crippen LogP contribution in [-0.2, 0) is 4.74 Å². The summed E-state index contributed by atoms with van der Waals surface area (Å²) in [5.74, 6) is 0.693. The third-order valence-electron chi connectivity index (χ3n) is 3.27. The fourth-order valence-corrected chi connectivity index (χ4v) is 2.63. The summed E-state index contributed by atoms with van der Waals surface area (Å²) in [5.41, 5.74) is 0.631. The molecule has 104 valence electrons. The number of benzene rings is 1. The van der Waals surface area contributed by atoms with Crippen molar-refractivity contribution in [3.8, 4) is 5.75 Å². The number of halogens is 1. The molecule has 1 heterocycles. The molecule has 1 unspecified atom stereocenters. The van der Waals surface area contributed by atoms with Crippen LogP contribution in [0, 0.1) is 0 Å². The lowest BCUT2D eigenvalue weighted by Crippen LogP contribution is -2.08. The van der Waals surface area contributed by atoms with Crippen LogP contribution in [-0.4, -0.2) is 25.1 Å². The minimum absolute atomic E-state index is 0.0235. The fraction of sp³-hybridized carbons (Fsp3) is 0.533. The van der Waals surface area contributed by atoms with Crippen LogP contribution in [0.3, 0.4) is 0 Å². The van der Waals surface area contributed by atoms with Crippen LogP contribution in [0.5, 0.6) is 5.75 Å². The van der Waals surface area contributed by atoms with E-state index in [4.69, 9.17) is 9.47 Å². The summed E-state index contributed by atoms with van der Waals surface area (Å²) in [5, 5.41) is 0. The van der Waals surface area contributed by atoms with Crippen molar-refractivity contribution in [3.63, 3.8) is 0 Å². The van der Waals surface area contributed by atoms with Gasteiger partial charge in [-0.2, -0.15) is 0 Å². The molecule has 2 rings (SSSR count). The predicted octanol–water partition coefficient (Wildman–Crippen LogP) is 3.99. The van der Waals surface area contributed by atoms with Gasteiger partial charge in [0.25, 0.3) is 0 Å². The van der Waals surface area contributed by atoms with Crippen molar-refractivity contribution >= 4 is 21.7 Å². The van der Waals surface area contributed by atoms with E-state index in [-0.39, 0.29) is 5.78 Å².